The Balaban J connectivity index is 1.48. The van der Waals surface area contributed by atoms with Gasteiger partial charge >= 0.3 is 0 Å². The average molecular weight is 784 g/mol. The number of nitrogens with zero attached hydrogens (tertiary/aromatic N) is 6. The molecule has 0 amide bonds. The number of methoxy groups -OCH3 is 1. The zero-order chi connectivity index (χ0) is 38.0. The van der Waals surface area contributed by atoms with E-state index in [-0.39, 0.29) is 58.3 Å². The van der Waals surface area contributed by atoms with Gasteiger partial charge < -0.3 is 20.5 Å². The summed E-state index contributed by atoms with van der Waals surface area (Å²) in [7, 11) is -7.13. The minimum absolute atomic E-state index is 0.00310. The molecule has 6 N–H and O–H groups in total. The normalized spacial score (nSPS) is 12.2. The van der Waals surface area contributed by atoms with E-state index in [1.54, 1.807) is 60.7 Å². The van der Waals surface area contributed by atoms with Crippen molar-refractivity contribution in [2.75, 3.05) is 35.5 Å². The van der Waals surface area contributed by atoms with Crippen LogP contribution in [-0.4, -0.2) is 72.0 Å². The maximum atomic E-state index is 12.6. The summed E-state index contributed by atoms with van der Waals surface area (Å²) in [6.07, 6.45) is 0. The van der Waals surface area contributed by atoms with Crippen LogP contribution in [0.2, 0.25) is 5.28 Å². The fourth-order valence-electron chi connectivity index (χ4n) is 4.47. The Bertz CT molecular complexity index is 2370. The monoisotopic (exact) mass is 783 g/mol. The van der Waals surface area contributed by atoms with Crippen molar-refractivity contribution in [3.63, 3.8) is 0 Å². The number of amidine groups is 1. The molecule has 4 aromatic carbocycles. The highest BCUT2D eigenvalue weighted by molar-refractivity contribution is 7.91. The van der Waals surface area contributed by atoms with Crippen LogP contribution in [-0.2, 0) is 36.2 Å². The van der Waals surface area contributed by atoms with Gasteiger partial charge in [0.2, 0.25) is 23.0 Å². The van der Waals surface area contributed by atoms with Crippen molar-refractivity contribution >= 4 is 72.0 Å². The Kier molecular flexibility index (Phi) is 12.6. The standard InChI is InChI=1S/C32H30ClN9O9S2/c1-50-14-15-52(45,46)23-12-7-11-22(16-23)34-31-36-30(33)37-32(38-31)35-26-17-24(53(47,48)49)18-27(28(26)43)40-42-29(20-8-3-2-4-9-20)41-39-25-13-6-5-10-21(25)19-51-44/h2-13,16-18,39,43-44H,14-15,19H2,1H3,(H,47,48,49)(H2,34,35,36,37,38). The van der Waals surface area contributed by atoms with Crippen molar-refractivity contribution in [3.05, 3.63) is 107 Å². The number of para-hydroxylation sites is 1. The summed E-state index contributed by atoms with van der Waals surface area (Å²) in [6, 6.07) is 23.0. The fraction of sp³-hybridized carbons (Fsp3) is 0.125. The number of azo groups is 1. The lowest BCUT2D eigenvalue weighted by molar-refractivity contribution is -0.252. The SMILES string of the molecule is COCCS(=O)(=O)c1cccc(Nc2nc(Cl)nc(Nc3cc(S(=O)(=O)O)cc(N=NC(=NNc4ccccc4COO)c4ccccc4)c3O)n2)c1. The van der Waals surface area contributed by atoms with Gasteiger partial charge in [-0.05, 0) is 48.0 Å². The van der Waals surface area contributed by atoms with Gasteiger partial charge in [0, 0.05) is 23.9 Å². The zero-order valence-electron chi connectivity index (χ0n) is 27.5. The number of aromatic hydroxyl groups is 1. The second-order valence-corrected chi connectivity index (χ2v) is 14.6. The lowest BCUT2D eigenvalue weighted by atomic mass is 10.2. The summed E-state index contributed by atoms with van der Waals surface area (Å²) >= 11 is 6.14. The van der Waals surface area contributed by atoms with Gasteiger partial charge in [-0.2, -0.15) is 28.5 Å². The van der Waals surface area contributed by atoms with E-state index in [1.165, 1.54) is 25.3 Å². The number of phenolic OH excluding ortho intramolecular Hbond substituents is 1. The zero-order valence-corrected chi connectivity index (χ0v) is 29.8. The first-order valence-electron chi connectivity index (χ1n) is 15.1. The third-order valence-corrected chi connectivity index (χ3v) is 9.70. The first-order chi connectivity index (χ1) is 25.4. The number of hydrazone groups is 1. The molecule has 0 atom stereocenters. The second kappa shape index (κ2) is 17.3. The molecule has 0 aliphatic heterocycles. The van der Waals surface area contributed by atoms with Crippen molar-refractivity contribution in [1.82, 2.24) is 15.0 Å². The van der Waals surface area contributed by atoms with Crippen LogP contribution in [0.4, 0.5) is 34.6 Å². The minimum Gasteiger partial charge on any atom is -0.504 e. The van der Waals surface area contributed by atoms with E-state index in [4.69, 9.17) is 21.6 Å². The van der Waals surface area contributed by atoms with Crippen LogP contribution in [0, 0.1) is 0 Å². The minimum atomic E-state index is -4.86. The number of halogens is 1. The highest BCUT2D eigenvalue weighted by Crippen LogP contribution is 2.39. The molecule has 0 spiro atoms. The molecule has 5 rings (SSSR count). The van der Waals surface area contributed by atoms with Gasteiger partial charge in [0.05, 0.1) is 33.5 Å². The molecule has 0 aliphatic carbocycles. The van der Waals surface area contributed by atoms with Crippen LogP contribution < -0.4 is 16.1 Å². The highest BCUT2D eigenvalue weighted by atomic mass is 35.5. The quantitative estimate of drug-likeness (QED) is 0.0137. The van der Waals surface area contributed by atoms with E-state index in [1.807, 2.05) is 0 Å². The molecular weight excluding hydrogens is 754 g/mol. The molecule has 0 saturated heterocycles. The summed E-state index contributed by atoms with van der Waals surface area (Å²) in [5.74, 6) is -1.31. The number of sulfone groups is 1. The number of nitrogens with one attached hydrogen (secondary N) is 3. The molecule has 0 aliphatic rings. The maximum absolute atomic E-state index is 12.6. The van der Waals surface area contributed by atoms with Crippen LogP contribution >= 0.6 is 11.6 Å². The Morgan fingerprint density at radius 3 is 2.28 bits per heavy atom. The van der Waals surface area contributed by atoms with Gasteiger partial charge in [-0.15, -0.1) is 10.2 Å². The summed E-state index contributed by atoms with van der Waals surface area (Å²) in [6.45, 7) is -0.132. The molecular formula is C32H30ClN9O9S2. The third kappa shape index (κ3) is 10.5. The largest absolute Gasteiger partial charge is 0.504 e. The molecule has 18 nitrogen and oxygen atoms in total. The van der Waals surface area contributed by atoms with E-state index in [9.17, 15) is 26.5 Å². The predicted molar refractivity (Wildman–Crippen MR) is 195 cm³/mol. The van der Waals surface area contributed by atoms with Crippen molar-refractivity contribution < 1.29 is 41.4 Å². The molecule has 1 aromatic heterocycles. The second-order valence-electron chi connectivity index (χ2n) is 10.7. The number of benzene rings is 4. The van der Waals surface area contributed by atoms with Gasteiger partial charge in [0.1, 0.15) is 12.3 Å². The smallest absolute Gasteiger partial charge is 0.294 e. The van der Waals surface area contributed by atoms with E-state index in [0.717, 1.165) is 12.1 Å². The first kappa shape index (κ1) is 38.6. The molecule has 21 heteroatoms. The summed E-state index contributed by atoms with van der Waals surface area (Å²) in [5, 5.41) is 37.8. The van der Waals surface area contributed by atoms with Gasteiger partial charge in [0.25, 0.3) is 10.1 Å². The van der Waals surface area contributed by atoms with Crippen LogP contribution in [0.5, 0.6) is 5.75 Å². The third-order valence-electron chi connectivity index (χ3n) is 7.03. The Labute approximate surface area is 307 Å². The summed E-state index contributed by atoms with van der Waals surface area (Å²) in [4.78, 5) is 15.7. The van der Waals surface area contributed by atoms with Crippen molar-refractivity contribution in [2.45, 2.75) is 16.4 Å². The van der Waals surface area contributed by atoms with Crippen molar-refractivity contribution in [2.24, 2.45) is 15.3 Å². The lowest BCUT2D eigenvalue weighted by Crippen LogP contribution is -2.11. The van der Waals surface area contributed by atoms with E-state index in [0.29, 0.717) is 16.8 Å². The Hall–Kier alpha value is -5.61. The van der Waals surface area contributed by atoms with Crippen molar-refractivity contribution in [3.8, 4) is 5.75 Å². The predicted octanol–water partition coefficient (Wildman–Crippen LogP) is 5.93. The topological polar surface area (TPSA) is 259 Å². The number of ether oxygens (including phenoxy) is 1. The average Bonchev–Trinajstić information content (AvgIpc) is 3.12. The number of phenols is 1. The first-order valence-corrected chi connectivity index (χ1v) is 18.6. The maximum Gasteiger partial charge on any atom is 0.294 e. The van der Waals surface area contributed by atoms with Crippen LogP contribution in [0.25, 0.3) is 0 Å². The van der Waals surface area contributed by atoms with Crippen molar-refractivity contribution in [1.29, 1.82) is 0 Å². The number of anilines is 5. The molecule has 0 fully saturated rings. The number of rotatable bonds is 15. The molecule has 0 saturated carbocycles. The van der Waals surface area contributed by atoms with Gasteiger partial charge in [-0.3, -0.25) is 15.2 Å². The van der Waals surface area contributed by atoms with Crippen LogP contribution in [0.15, 0.2) is 116 Å². The molecule has 0 unspecified atom stereocenters. The Morgan fingerprint density at radius 2 is 1.57 bits per heavy atom. The van der Waals surface area contributed by atoms with Crippen LogP contribution in [0.1, 0.15) is 11.1 Å². The van der Waals surface area contributed by atoms with E-state index < -0.39 is 36.3 Å². The van der Waals surface area contributed by atoms with E-state index >= 15 is 0 Å². The molecule has 276 valence electrons. The van der Waals surface area contributed by atoms with Gasteiger partial charge in [0.15, 0.2) is 15.6 Å². The van der Waals surface area contributed by atoms with Crippen LogP contribution in [0.3, 0.4) is 0 Å². The lowest BCUT2D eigenvalue weighted by Gasteiger charge is -2.12. The highest BCUT2D eigenvalue weighted by Gasteiger charge is 2.20. The summed E-state index contributed by atoms with van der Waals surface area (Å²) in [5.41, 5.74) is 3.88. The molecule has 0 radical (unpaired) electrons. The molecule has 0 bridgehead atoms. The molecule has 53 heavy (non-hydrogen) atoms. The molecule has 1 heterocycles. The number of hydrogen-bond donors (Lipinski definition) is 6. The Morgan fingerprint density at radius 1 is 0.849 bits per heavy atom. The number of aromatic nitrogens is 3. The summed E-state index contributed by atoms with van der Waals surface area (Å²) < 4.78 is 64.6. The van der Waals surface area contributed by atoms with Gasteiger partial charge in [-0.1, -0.05) is 54.6 Å². The van der Waals surface area contributed by atoms with E-state index in [2.05, 4.69) is 51.2 Å². The van der Waals surface area contributed by atoms with Gasteiger partial charge in [-0.25, -0.2) is 13.3 Å². The molecule has 5 aromatic rings. The number of hydrogen-bond acceptors (Lipinski definition) is 16. The fourth-order valence-corrected chi connectivity index (χ4v) is 6.38.